The number of rotatable bonds is 3. The molecule has 1 aromatic rings. The first-order valence-electron chi connectivity index (χ1n) is 5.38. The molecule has 14 heavy (non-hydrogen) atoms. The first-order chi connectivity index (χ1) is 6.83. The van der Waals surface area contributed by atoms with Gasteiger partial charge in [-0.2, -0.15) is 0 Å². The van der Waals surface area contributed by atoms with Crippen LogP contribution < -0.4 is 5.32 Å². The van der Waals surface area contributed by atoms with E-state index in [4.69, 9.17) is 0 Å². The average Bonchev–Trinajstić information content (AvgIpc) is 2.96. The molecule has 2 saturated carbocycles. The smallest absolute Gasteiger partial charge is 0.129 e. The van der Waals surface area contributed by atoms with Crippen molar-refractivity contribution in [2.24, 2.45) is 11.8 Å². The largest absolute Gasteiger partial charge is 0.367 e. The first-order valence-corrected chi connectivity index (χ1v) is 5.38. The number of nitrogens with one attached hydrogen (secondary N) is 1. The molecule has 0 unspecified atom stereocenters. The lowest BCUT2D eigenvalue weighted by Crippen LogP contribution is -2.07. The Bertz CT molecular complexity index is 346. The lowest BCUT2D eigenvalue weighted by Gasteiger charge is -2.04. The van der Waals surface area contributed by atoms with Crippen molar-refractivity contribution in [2.45, 2.75) is 32.2 Å². The van der Waals surface area contributed by atoms with Crippen LogP contribution in [0.2, 0.25) is 0 Å². The van der Waals surface area contributed by atoms with Gasteiger partial charge in [-0.05, 0) is 38.0 Å². The second-order valence-electron chi connectivity index (χ2n) is 4.53. The summed E-state index contributed by atoms with van der Waals surface area (Å²) in [6, 6.07) is 2.71. The Balaban J connectivity index is 1.62. The molecule has 0 aromatic carbocycles. The van der Waals surface area contributed by atoms with Crippen LogP contribution in [0.3, 0.4) is 0 Å². The Hall–Kier alpha value is -1.12. The van der Waals surface area contributed by atoms with Crippen molar-refractivity contribution in [1.82, 2.24) is 9.97 Å². The fourth-order valence-corrected chi connectivity index (χ4v) is 2.15. The highest BCUT2D eigenvalue weighted by Gasteiger charge is 2.47. The molecular formula is C11H15N3. The van der Waals surface area contributed by atoms with Gasteiger partial charge in [-0.25, -0.2) is 9.97 Å². The SMILES string of the molecule is Cc1cc(N[C@@H]2C[C@H]2C2CC2)ncn1. The van der Waals surface area contributed by atoms with Crippen molar-refractivity contribution < 1.29 is 0 Å². The lowest BCUT2D eigenvalue weighted by atomic mass is 10.3. The quantitative estimate of drug-likeness (QED) is 0.790. The minimum atomic E-state index is 0.691. The van der Waals surface area contributed by atoms with Crippen LogP contribution in [0.4, 0.5) is 5.82 Å². The molecule has 2 aliphatic rings. The van der Waals surface area contributed by atoms with Gasteiger partial charge in [0.1, 0.15) is 12.1 Å². The fourth-order valence-electron chi connectivity index (χ4n) is 2.15. The van der Waals surface area contributed by atoms with Crippen molar-refractivity contribution >= 4 is 5.82 Å². The zero-order chi connectivity index (χ0) is 9.54. The molecule has 0 spiro atoms. The molecule has 1 aromatic heterocycles. The summed E-state index contributed by atoms with van der Waals surface area (Å²) in [7, 11) is 0. The molecule has 74 valence electrons. The van der Waals surface area contributed by atoms with Crippen molar-refractivity contribution in [3.8, 4) is 0 Å². The van der Waals surface area contributed by atoms with Gasteiger partial charge < -0.3 is 5.32 Å². The number of aryl methyl sites for hydroxylation is 1. The van der Waals surface area contributed by atoms with Crippen LogP contribution in [-0.2, 0) is 0 Å². The summed E-state index contributed by atoms with van der Waals surface area (Å²) in [6.45, 7) is 2.00. The van der Waals surface area contributed by atoms with Crippen molar-refractivity contribution in [3.63, 3.8) is 0 Å². The minimum absolute atomic E-state index is 0.691. The van der Waals surface area contributed by atoms with Gasteiger partial charge in [-0.1, -0.05) is 0 Å². The molecule has 0 bridgehead atoms. The van der Waals surface area contributed by atoms with Crippen LogP contribution in [0.25, 0.3) is 0 Å². The molecular weight excluding hydrogens is 174 g/mol. The highest BCUT2D eigenvalue weighted by molar-refractivity contribution is 5.38. The van der Waals surface area contributed by atoms with Crippen LogP contribution in [0, 0.1) is 18.8 Å². The third-order valence-electron chi connectivity index (χ3n) is 3.20. The summed E-state index contributed by atoms with van der Waals surface area (Å²) < 4.78 is 0. The average molecular weight is 189 g/mol. The van der Waals surface area contributed by atoms with E-state index in [-0.39, 0.29) is 0 Å². The molecule has 3 nitrogen and oxygen atoms in total. The van der Waals surface area contributed by atoms with E-state index in [1.165, 1.54) is 19.3 Å². The second-order valence-corrected chi connectivity index (χ2v) is 4.53. The molecule has 2 fully saturated rings. The van der Waals surface area contributed by atoms with Gasteiger partial charge in [-0.3, -0.25) is 0 Å². The van der Waals surface area contributed by atoms with E-state index in [1.807, 2.05) is 13.0 Å². The fraction of sp³-hybridized carbons (Fsp3) is 0.636. The Morgan fingerprint density at radius 3 is 2.93 bits per heavy atom. The van der Waals surface area contributed by atoms with E-state index in [0.29, 0.717) is 6.04 Å². The molecule has 2 atom stereocenters. The first kappa shape index (κ1) is 8.21. The topological polar surface area (TPSA) is 37.8 Å². The highest BCUT2D eigenvalue weighted by atomic mass is 15.1. The maximum absolute atomic E-state index is 4.21. The van der Waals surface area contributed by atoms with Crippen LogP contribution in [-0.4, -0.2) is 16.0 Å². The predicted molar refractivity (Wildman–Crippen MR) is 55.0 cm³/mol. The summed E-state index contributed by atoms with van der Waals surface area (Å²) in [6.07, 6.45) is 5.87. The van der Waals surface area contributed by atoms with Gasteiger partial charge in [0.15, 0.2) is 0 Å². The maximum atomic E-state index is 4.21. The Labute approximate surface area is 84.0 Å². The van der Waals surface area contributed by atoms with Crippen LogP contribution in [0.15, 0.2) is 12.4 Å². The summed E-state index contributed by atoms with van der Waals surface area (Å²) in [5, 5.41) is 3.48. The summed E-state index contributed by atoms with van der Waals surface area (Å²) >= 11 is 0. The molecule has 2 aliphatic carbocycles. The van der Waals surface area contributed by atoms with Gasteiger partial charge in [0.05, 0.1) is 0 Å². The molecule has 0 radical (unpaired) electrons. The van der Waals surface area contributed by atoms with E-state index in [2.05, 4.69) is 15.3 Å². The van der Waals surface area contributed by atoms with Gasteiger partial charge in [0, 0.05) is 17.8 Å². The molecule has 0 saturated heterocycles. The van der Waals surface area contributed by atoms with Crippen LogP contribution in [0.1, 0.15) is 25.0 Å². The van der Waals surface area contributed by atoms with E-state index in [9.17, 15) is 0 Å². The van der Waals surface area contributed by atoms with Gasteiger partial charge >= 0.3 is 0 Å². The number of hydrogen-bond donors (Lipinski definition) is 1. The zero-order valence-corrected chi connectivity index (χ0v) is 8.40. The molecule has 3 heteroatoms. The van der Waals surface area contributed by atoms with Gasteiger partial charge in [-0.15, -0.1) is 0 Å². The van der Waals surface area contributed by atoms with Crippen LogP contribution >= 0.6 is 0 Å². The number of nitrogens with zero attached hydrogens (tertiary/aromatic N) is 2. The minimum Gasteiger partial charge on any atom is -0.367 e. The van der Waals surface area contributed by atoms with Crippen molar-refractivity contribution in [1.29, 1.82) is 0 Å². The Morgan fingerprint density at radius 1 is 1.36 bits per heavy atom. The van der Waals surface area contributed by atoms with E-state index < -0.39 is 0 Å². The van der Waals surface area contributed by atoms with Crippen LogP contribution in [0.5, 0.6) is 0 Å². The molecule has 0 aliphatic heterocycles. The summed E-state index contributed by atoms with van der Waals surface area (Å²) in [4.78, 5) is 8.29. The normalized spacial score (nSPS) is 30.1. The van der Waals surface area contributed by atoms with E-state index in [0.717, 1.165) is 23.3 Å². The van der Waals surface area contributed by atoms with Crippen molar-refractivity contribution in [2.75, 3.05) is 5.32 Å². The van der Waals surface area contributed by atoms with Gasteiger partial charge in [0.2, 0.25) is 0 Å². The summed E-state index contributed by atoms with van der Waals surface area (Å²) in [5.41, 5.74) is 1.03. The third-order valence-corrected chi connectivity index (χ3v) is 3.20. The maximum Gasteiger partial charge on any atom is 0.129 e. The molecule has 3 rings (SSSR count). The lowest BCUT2D eigenvalue weighted by molar-refractivity contribution is 0.696. The Kier molecular flexibility index (Phi) is 1.72. The number of aromatic nitrogens is 2. The monoisotopic (exact) mass is 189 g/mol. The molecule has 1 heterocycles. The summed E-state index contributed by atoms with van der Waals surface area (Å²) in [5.74, 6) is 2.95. The molecule has 1 N–H and O–H groups in total. The standard InChI is InChI=1S/C11H15N3/c1-7-4-11(13-6-12-7)14-10-5-9(10)8-2-3-8/h4,6,8-10H,2-3,5H2,1H3,(H,12,13,14)/t9-,10+/m0/s1. The number of anilines is 1. The molecule has 0 amide bonds. The highest BCUT2D eigenvalue weighted by Crippen LogP contribution is 2.50. The third kappa shape index (κ3) is 1.59. The zero-order valence-electron chi connectivity index (χ0n) is 8.40. The number of hydrogen-bond acceptors (Lipinski definition) is 3. The van der Waals surface area contributed by atoms with Gasteiger partial charge in [0.25, 0.3) is 0 Å². The van der Waals surface area contributed by atoms with E-state index >= 15 is 0 Å². The predicted octanol–water partition coefficient (Wildman–Crippen LogP) is 2.00. The Morgan fingerprint density at radius 2 is 2.21 bits per heavy atom. The van der Waals surface area contributed by atoms with Crippen molar-refractivity contribution in [3.05, 3.63) is 18.1 Å². The second kappa shape index (κ2) is 2.94. The van der Waals surface area contributed by atoms with E-state index in [1.54, 1.807) is 6.33 Å².